The normalized spacial score (nSPS) is 11.6. The highest BCUT2D eigenvalue weighted by molar-refractivity contribution is 7.17. The van der Waals surface area contributed by atoms with Gasteiger partial charge in [-0.25, -0.2) is 0 Å². The zero-order chi connectivity index (χ0) is 26.2. The number of aromatic amines is 2. The number of aromatic nitrogens is 5. The molecule has 0 atom stereocenters. The van der Waals surface area contributed by atoms with Crippen LogP contribution in [0, 0.1) is 0 Å². The van der Waals surface area contributed by atoms with Gasteiger partial charge in [0.05, 0.1) is 34.0 Å². The second kappa shape index (κ2) is 9.85. The molecule has 0 aliphatic heterocycles. The van der Waals surface area contributed by atoms with Crippen molar-refractivity contribution in [3.8, 4) is 38.7 Å². The van der Waals surface area contributed by atoms with Gasteiger partial charge in [0.25, 0.3) is 0 Å². The average molecular weight is 523 g/mol. The molecule has 0 aliphatic rings. The van der Waals surface area contributed by atoms with E-state index < -0.39 is 0 Å². The number of nitrogens with one attached hydrogen (secondary N) is 2. The maximum absolute atomic E-state index is 11.8. The lowest BCUT2D eigenvalue weighted by Crippen LogP contribution is -2.19. The SMILES string of the molecule is CC(=O)c1ccc(-c2cncc3[nH]c(-c4n[nH]c5ccc(-c6cncc(OCCN(C)C)c6)cc45)cc23)s1. The molecule has 5 heterocycles. The van der Waals surface area contributed by atoms with E-state index in [9.17, 15) is 4.79 Å². The van der Waals surface area contributed by atoms with Gasteiger partial charge >= 0.3 is 0 Å². The number of ether oxygens (including phenoxy) is 1. The van der Waals surface area contributed by atoms with E-state index in [1.807, 2.05) is 57.0 Å². The largest absolute Gasteiger partial charge is 0.491 e. The first-order valence-electron chi connectivity index (χ1n) is 12.3. The topological polar surface area (TPSA) is 99.8 Å². The number of nitrogens with zero attached hydrogens (tertiary/aromatic N) is 4. The molecule has 5 aromatic heterocycles. The Labute approximate surface area is 223 Å². The van der Waals surface area contributed by atoms with Crippen LogP contribution in [0.4, 0.5) is 0 Å². The van der Waals surface area contributed by atoms with E-state index in [0.29, 0.717) is 6.61 Å². The molecular formula is C29H26N6O2S. The summed E-state index contributed by atoms with van der Waals surface area (Å²) in [6, 6.07) is 14.2. The third kappa shape index (κ3) is 4.57. The van der Waals surface area contributed by atoms with Crippen molar-refractivity contribution < 1.29 is 9.53 Å². The summed E-state index contributed by atoms with van der Waals surface area (Å²) >= 11 is 1.48. The van der Waals surface area contributed by atoms with Crippen molar-refractivity contribution in [3.63, 3.8) is 0 Å². The van der Waals surface area contributed by atoms with Crippen molar-refractivity contribution in [2.45, 2.75) is 6.92 Å². The molecule has 38 heavy (non-hydrogen) atoms. The predicted octanol–water partition coefficient (Wildman–Crippen LogP) is 6.04. The number of hydrogen-bond donors (Lipinski definition) is 2. The molecule has 8 nitrogen and oxygen atoms in total. The number of carbonyl (C=O) groups is 1. The first-order valence-corrected chi connectivity index (χ1v) is 13.1. The number of likely N-dealkylation sites (N-methyl/N-ethyl adjacent to an activating group) is 1. The maximum atomic E-state index is 11.8. The molecule has 9 heteroatoms. The fourth-order valence-electron chi connectivity index (χ4n) is 4.45. The lowest BCUT2D eigenvalue weighted by molar-refractivity contribution is 0.102. The number of thiophene rings is 1. The molecule has 0 unspecified atom stereocenters. The third-order valence-electron chi connectivity index (χ3n) is 6.44. The summed E-state index contributed by atoms with van der Waals surface area (Å²) in [5.74, 6) is 0.810. The summed E-state index contributed by atoms with van der Waals surface area (Å²) in [6.45, 7) is 3.02. The molecule has 0 saturated heterocycles. The fraction of sp³-hybridized carbons (Fsp3) is 0.172. The number of hydrogen-bond acceptors (Lipinski definition) is 7. The molecule has 6 rings (SSSR count). The van der Waals surface area contributed by atoms with Gasteiger partial charge in [0.15, 0.2) is 5.78 Å². The molecule has 2 N–H and O–H groups in total. The summed E-state index contributed by atoms with van der Waals surface area (Å²) in [7, 11) is 4.04. The van der Waals surface area contributed by atoms with Crippen molar-refractivity contribution >= 4 is 38.9 Å². The molecule has 0 spiro atoms. The number of carbonyl (C=O) groups excluding carboxylic acids is 1. The van der Waals surface area contributed by atoms with Crippen LogP contribution in [0.1, 0.15) is 16.6 Å². The Kier molecular flexibility index (Phi) is 6.22. The van der Waals surface area contributed by atoms with Gasteiger partial charge in [-0.2, -0.15) is 5.10 Å². The van der Waals surface area contributed by atoms with Crippen LogP contribution in [0.5, 0.6) is 5.75 Å². The van der Waals surface area contributed by atoms with Crippen LogP contribution in [0.2, 0.25) is 0 Å². The molecule has 0 fully saturated rings. The summed E-state index contributed by atoms with van der Waals surface area (Å²) in [4.78, 5) is 28.0. The van der Waals surface area contributed by atoms with E-state index in [0.717, 1.165) is 71.9 Å². The molecule has 0 aliphatic carbocycles. The Morgan fingerprint density at radius 1 is 0.947 bits per heavy atom. The van der Waals surface area contributed by atoms with Gasteiger partial charge in [-0.3, -0.25) is 19.9 Å². The molecule has 1 aromatic carbocycles. The standard InChI is InChI=1S/C29H26N6O2S/c1-17(36)27-6-7-28(38-27)23-15-31-16-26-21(23)12-25(32-26)29-22-11-18(4-5-24(22)33-34-29)19-10-20(14-30-13-19)37-9-8-35(2)3/h4-7,10-16,32H,8-9H2,1-3H3,(H,33,34). The van der Waals surface area contributed by atoms with Gasteiger partial charge in [0.1, 0.15) is 18.1 Å². The fourth-order valence-corrected chi connectivity index (χ4v) is 5.37. The molecule has 0 radical (unpaired) electrons. The number of pyridine rings is 2. The van der Waals surface area contributed by atoms with E-state index in [2.05, 4.69) is 48.2 Å². The van der Waals surface area contributed by atoms with Crippen molar-refractivity contribution in [2.75, 3.05) is 27.2 Å². The Morgan fingerprint density at radius 2 is 1.82 bits per heavy atom. The Bertz CT molecular complexity index is 1780. The van der Waals surface area contributed by atoms with E-state index in [1.54, 1.807) is 13.1 Å². The Balaban J connectivity index is 1.37. The number of fused-ring (bicyclic) bond motifs is 2. The Morgan fingerprint density at radius 3 is 2.63 bits per heavy atom. The summed E-state index contributed by atoms with van der Waals surface area (Å²) in [5, 5.41) is 9.82. The average Bonchev–Trinajstić information content (AvgIpc) is 3.66. The first-order chi connectivity index (χ1) is 18.5. The van der Waals surface area contributed by atoms with Gasteiger partial charge in [0.2, 0.25) is 0 Å². The quantitative estimate of drug-likeness (QED) is 0.237. The zero-order valence-corrected chi connectivity index (χ0v) is 22.1. The van der Waals surface area contributed by atoms with Gasteiger partial charge in [-0.1, -0.05) is 6.07 Å². The second-order valence-corrected chi connectivity index (χ2v) is 10.5. The highest BCUT2D eigenvalue weighted by atomic mass is 32.1. The van der Waals surface area contributed by atoms with E-state index in [4.69, 9.17) is 4.74 Å². The van der Waals surface area contributed by atoms with Gasteiger partial charge in [-0.15, -0.1) is 11.3 Å². The minimum Gasteiger partial charge on any atom is -0.491 e. The minimum absolute atomic E-state index is 0.0656. The van der Waals surface area contributed by atoms with Crippen LogP contribution in [0.15, 0.2) is 67.3 Å². The Hall–Kier alpha value is -4.34. The third-order valence-corrected chi connectivity index (χ3v) is 7.66. The molecule has 0 saturated carbocycles. The van der Waals surface area contributed by atoms with Crippen molar-refractivity contribution in [1.29, 1.82) is 0 Å². The highest BCUT2D eigenvalue weighted by Crippen LogP contribution is 2.37. The van der Waals surface area contributed by atoms with E-state index in [1.165, 1.54) is 11.3 Å². The lowest BCUT2D eigenvalue weighted by atomic mass is 10.0. The lowest BCUT2D eigenvalue weighted by Gasteiger charge is -2.11. The first kappa shape index (κ1) is 24.0. The van der Waals surface area contributed by atoms with Crippen molar-refractivity contribution in [2.24, 2.45) is 0 Å². The number of Topliss-reactive ketones (excluding diaryl/α,β-unsaturated/α-hetero) is 1. The summed E-state index contributed by atoms with van der Waals surface area (Å²) < 4.78 is 5.89. The van der Waals surface area contributed by atoms with Crippen LogP contribution >= 0.6 is 11.3 Å². The van der Waals surface area contributed by atoms with Crippen molar-refractivity contribution in [1.82, 2.24) is 30.0 Å². The zero-order valence-electron chi connectivity index (χ0n) is 21.3. The monoisotopic (exact) mass is 522 g/mol. The highest BCUT2D eigenvalue weighted by Gasteiger charge is 2.16. The van der Waals surface area contributed by atoms with Crippen LogP contribution in [-0.4, -0.2) is 63.1 Å². The molecule has 0 bridgehead atoms. The van der Waals surface area contributed by atoms with E-state index >= 15 is 0 Å². The summed E-state index contributed by atoms with van der Waals surface area (Å²) in [6.07, 6.45) is 7.24. The second-order valence-electron chi connectivity index (χ2n) is 9.45. The van der Waals surface area contributed by atoms with Crippen LogP contribution in [0.25, 0.3) is 54.8 Å². The van der Waals surface area contributed by atoms with Gasteiger partial charge in [-0.05, 0) is 63.0 Å². The van der Waals surface area contributed by atoms with Crippen LogP contribution < -0.4 is 4.74 Å². The van der Waals surface area contributed by atoms with Crippen LogP contribution in [-0.2, 0) is 0 Å². The minimum atomic E-state index is 0.0656. The molecule has 190 valence electrons. The number of rotatable bonds is 8. The van der Waals surface area contributed by atoms with Gasteiger partial charge in [0, 0.05) is 45.7 Å². The van der Waals surface area contributed by atoms with Crippen molar-refractivity contribution in [3.05, 3.63) is 72.1 Å². The maximum Gasteiger partial charge on any atom is 0.169 e. The summed E-state index contributed by atoms with van der Waals surface area (Å²) in [5.41, 5.74) is 6.56. The number of H-pyrrole nitrogens is 2. The van der Waals surface area contributed by atoms with E-state index in [-0.39, 0.29) is 5.78 Å². The molecule has 6 aromatic rings. The number of benzene rings is 1. The number of ketones is 1. The predicted molar refractivity (Wildman–Crippen MR) is 152 cm³/mol. The van der Waals surface area contributed by atoms with Crippen LogP contribution in [0.3, 0.4) is 0 Å². The smallest absolute Gasteiger partial charge is 0.169 e. The molecule has 0 amide bonds. The molecular weight excluding hydrogens is 496 g/mol. The van der Waals surface area contributed by atoms with Gasteiger partial charge < -0.3 is 14.6 Å².